The van der Waals surface area contributed by atoms with Gasteiger partial charge in [0.25, 0.3) is 0 Å². The highest BCUT2D eigenvalue weighted by atomic mass is 19.4. The van der Waals surface area contributed by atoms with E-state index in [1.54, 1.807) is 18.2 Å². The van der Waals surface area contributed by atoms with E-state index in [1.165, 1.54) is 44.0 Å². The Balaban J connectivity index is 0.000000828. The first-order valence-corrected chi connectivity index (χ1v) is 9.92. The van der Waals surface area contributed by atoms with E-state index >= 15 is 0 Å². The fraction of sp³-hybridized carbons (Fsp3) is 0.545. The van der Waals surface area contributed by atoms with E-state index in [1.807, 2.05) is 6.08 Å². The fourth-order valence-electron chi connectivity index (χ4n) is 2.88. The average molecular weight is 383 g/mol. The minimum absolute atomic E-state index is 0.458. The summed E-state index contributed by atoms with van der Waals surface area (Å²) >= 11 is 0. The summed E-state index contributed by atoms with van der Waals surface area (Å²) in [6, 6.07) is 4.08. The molecule has 1 aliphatic heterocycles. The highest BCUT2D eigenvalue weighted by Gasteiger charge is 2.31. The molecule has 2 N–H and O–H groups in total. The van der Waals surface area contributed by atoms with Crippen molar-refractivity contribution in [1.29, 1.82) is 0 Å². The number of nitrogens with two attached hydrogens (primary N) is 1. The Bertz CT molecular complexity index is 582. The van der Waals surface area contributed by atoms with Gasteiger partial charge in [-0.25, -0.2) is 0 Å². The van der Waals surface area contributed by atoms with Crippen LogP contribution in [0.3, 0.4) is 0 Å². The second-order valence-corrected chi connectivity index (χ2v) is 6.76. The quantitative estimate of drug-likeness (QED) is 0.592. The molecule has 152 valence electrons. The number of unbranched alkanes of at least 4 members (excludes halogenated alkanes) is 1. The van der Waals surface area contributed by atoms with Crippen LogP contribution in [0.25, 0.3) is 0 Å². The van der Waals surface area contributed by atoms with Gasteiger partial charge in [-0.2, -0.15) is 13.2 Å². The normalized spacial score (nSPS) is 15.7. The number of halogens is 3. The minimum Gasteiger partial charge on any atom is -0.405 e. The molecule has 1 aliphatic rings. The van der Waals surface area contributed by atoms with Crippen molar-refractivity contribution in [2.24, 2.45) is 5.73 Å². The monoisotopic (exact) mass is 382 g/mol. The van der Waals surface area contributed by atoms with Gasteiger partial charge in [-0.3, -0.25) is 0 Å². The molecule has 1 aromatic rings. The highest BCUT2D eigenvalue weighted by Crippen LogP contribution is 2.34. The van der Waals surface area contributed by atoms with Gasteiger partial charge in [-0.15, -0.1) is 0 Å². The van der Waals surface area contributed by atoms with E-state index in [2.05, 4.69) is 18.7 Å². The lowest BCUT2D eigenvalue weighted by Crippen LogP contribution is -2.25. The molecule has 0 radical (unpaired) electrons. The Kier molecular flexibility index (Phi) is 10.7. The van der Waals surface area contributed by atoms with Crippen molar-refractivity contribution in [3.05, 3.63) is 53.8 Å². The van der Waals surface area contributed by atoms with Crippen LogP contribution >= 0.6 is 0 Å². The maximum Gasteiger partial charge on any atom is 0.416 e. The zero-order valence-corrected chi connectivity index (χ0v) is 16.6. The van der Waals surface area contributed by atoms with Crippen molar-refractivity contribution < 1.29 is 13.2 Å². The Hall–Kier alpha value is -1.91. The first-order valence-electron chi connectivity index (χ1n) is 9.92. The fourth-order valence-corrected chi connectivity index (χ4v) is 2.88. The molecule has 1 saturated heterocycles. The molecular weight excluding hydrogens is 349 g/mol. The van der Waals surface area contributed by atoms with E-state index < -0.39 is 11.7 Å². The van der Waals surface area contributed by atoms with Gasteiger partial charge in [0.1, 0.15) is 0 Å². The van der Waals surface area contributed by atoms with Gasteiger partial charge in [0.15, 0.2) is 0 Å². The zero-order valence-electron chi connectivity index (χ0n) is 16.6. The van der Waals surface area contributed by atoms with Crippen molar-refractivity contribution in [1.82, 2.24) is 0 Å². The summed E-state index contributed by atoms with van der Waals surface area (Å²) < 4.78 is 39.0. The van der Waals surface area contributed by atoms with E-state index in [0.717, 1.165) is 31.6 Å². The van der Waals surface area contributed by atoms with Crippen LogP contribution in [0.4, 0.5) is 18.9 Å². The van der Waals surface area contributed by atoms with Gasteiger partial charge in [0, 0.05) is 18.8 Å². The molecule has 0 aliphatic carbocycles. The molecule has 2 nitrogen and oxygen atoms in total. The SMILES string of the molecule is CCCC.N/C=C\C=C/Cc1cc(C(F)(F)F)ccc1N1CCCCCC1. The lowest BCUT2D eigenvalue weighted by atomic mass is 10.0. The number of benzene rings is 1. The summed E-state index contributed by atoms with van der Waals surface area (Å²) in [5, 5.41) is 0. The highest BCUT2D eigenvalue weighted by molar-refractivity contribution is 5.56. The molecule has 0 amide bonds. The van der Waals surface area contributed by atoms with Gasteiger partial charge >= 0.3 is 6.18 Å². The van der Waals surface area contributed by atoms with Gasteiger partial charge in [-0.1, -0.05) is 51.7 Å². The van der Waals surface area contributed by atoms with Crippen molar-refractivity contribution in [2.75, 3.05) is 18.0 Å². The molecule has 1 heterocycles. The summed E-state index contributed by atoms with van der Waals surface area (Å²) in [6.07, 6.45) is 10.00. The predicted molar refractivity (Wildman–Crippen MR) is 109 cm³/mol. The Morgan fingerprint density at radius 1 is 1.00 bits per heavy atom. The van der Waals surface area contributed by atoms with Crippen LogP contribution in [-0.4, -0.2) is 13.1 Å². The molecule has 0 bridgehead atoms. The van der Waals surface area contributed by atoms with Gasteiger partial charge in [0.05, 0.1) is 5.56 Å². The lowest BCUT2D eigenvalue weighted by molar-refractivity contribution is -0.137. The summed E-state index contributed by atoms with van der Waals surface area (Å²) in [5.74, 6) is 0. The smallest absolute Gasteiger partial charge is 0.405 e. The summed E-state index contributed by atoms with van der Waals surface area (Å²) in [5.41, 5.74) is 6.30. The van der Waals surface area contributed by atoms with E-state index in [4.69, 9.17) is 5.73 Å². The number of allylic oxidation sites excluding steroid dienone is 3. The van der Waals surface area contributed by atoms with Crippen LogP contribution in [0.15, 0.2) is 42.6 Å². The second-order valence-electron chi connectivity index (χ2n) is 6.76. The maximum absolute atomic E-state index is 13.0. The van der Waals surface area contributed by atoms with Crippen LogP contribution in [0.5, 0.6) is 0 Å². The molecule has 0 atom stereocenters. The molecule has 5 heteroatoms. The van der Waals surface area contributed by atoms with Crippen molar-refractivity contribution in [3.63, 3.8) is 0 Å². The first-order chi connectivity index (χ1) is 12.9. The first kappa shape index (κ1) is 23.1. The number of alkyl halides is 3. The molecule has 1 fully saturated rings. The standard InChI is InChI=1S/C18H23F3N2.C4H10/c19-18(20,21)16-9-10-17(23-12-6-1-2-7-13-23)15(14-16)8-4-3-5-11-22;1-3-4-2/h3-5,9-11,14H,1-2,6-8,12-13,22H2;3-4H2,1-2H3/b4-3-,11-5-;. The van der Waals surface area contributed by atoms with Crippen LogP contribution in [0.2, 0.25) is 0 Å². The lowest BCUT2D eigenvalue weighted by Gasteiger charge is -2.26. The maximum atomic E-state index is 13.0. The Morgan fingerprint density at radius 2 is 1.63 bits per heavy atom. The third kappa shape index (κ3) is 8.55. The largest absolute Gasteiger partial charge is 0.416 e. The minimum atomic E-state index is -4.31. The molecule has 27 heavy (non-hydrogen) atoms. The molecule has 2 rings (SSSR count). The summed E-state index contributed by atoms with van der Waals surface area (Å²) in [7, 11) is 0. The number of nitrogens with zero attached hydrogens (tertiary/aromatic N) is 1. The van der Waals surface area contributed by atoms with Crippen molar-refractivity contribution >= 4 is 5.69 Å². The van der Waals surface area contributed by atoms with E-state index in [0.29, 0.717) is 12.0 Å². The Labute approximate surface area is 161 Å². The van der Waals surface area contributed by atoms with E-state index in [9.17, 15) is 13.2 Å². The van der Waals surface area contributed by atoms with E-state index in [-0.39, 0.29) is 0 Å². The third-order valence-electron chi connectivity index (χ3n) is 4.55. The van der Waals surface area contributed by atoms with Gasteiger partial charge in [-0.05, 0) is 55.3 Å². The third-order valence-corrected chi connectivity index (χ3v) is 4.55. The molecule has 0 saturated carbocycles. The number of rotatable bonds is 5. The van der Waals surface area contributed by atoms with Gasteiger partial charge < -0.3 is 10.6 Å². The summed E-state index contributed by atoms with van der Waals surface area (Å²) in [6.45, 7) is 6.18. The van der Waals surface area contributed by atoms with Gasteiger partial charge in [0.2, 0.25) is 0 Å². The number of anilines is 1. The Morgan fingerprint density at radius 3 is 2.15 bits per heavy atom. The van der Waals surface area contributed by atoms with Crippen LogP contribution in [-0.2, 0) is 12.6 Å². The molecule has 0 unspecified atom stereocenters. The van der Waals surface area contributed by atoms with Crippen molar-refractivity contribution in [3.8, 4) is 0 Å². The van der Waals surface area contributed by atoms with Crippen LogP contribution in [0, 0.1) is 0 Å². The van der Waals surface area contributed by atoms with Crippen molar-refractivity contribution in [2.45, 2.75) is 65.0 Å². The predicted octanol–water partition coefficient (Wildman–Crippen LogP) is 6.46. The average Bonchev–Trinajstić information content (AvgIpc) is 2.94. The van der Waals surface area contributed by atoms with Crippen LogP contribution < -0.4 is 10.6 Å². The summed E-state index contributed by atoms with van der Waals surface area (Å²) in [4.78, 5) is 2.22. The molecule has 0 spiro atoms. The number of hydrogen-bond donors (Lipinski definition) is 1. The molecular formula is C22H33F3N2. The zero-order chi connectivity index (χ0) is 20.1. The number of hydrogen-bond acceptors (Lipinski definition) is 2. The second kappa shape index (κ2) is 12.5. The molecule has 0 aromatic heterocycles. The topological polar surface area (TPSA) is 29.3 Å². The van der Waals surface area contributed by atoms with Crippen LogP contribution in [0.1, 0.15) is 63.5 Å². The molecule has 1 aromatic carbocycles.